The predicted molar refractivity (Wildman–Crippen MR) is 76.5 cm³/mol. The molecule has 0 aromatic heterocycles. The van der Waals surface area contributed by atoms with Crippen LogP contribution in [0.15, 0.2) is 29.3 Å². The van der Waals surface area contributed by atoms with Gasteiger partial charge >= 0.3 is 5.97 Å². The van der Waals surface area contributed by atoms with Crippen LogP contribution in [-0.4, -0.2) is 28.9 Å². The first-order chi connectivity index (χ1) is 9.20. The lowest BCUT2D eigenvalue weighted by molar-refractivity contribution is -0.149. The number of Topliss-reactive ketones (excluding diaryl/α,β-unsaturated/α-hetero) is 1. The highest BCUT2D eigenvalue weighted by Crippen LogP contribution is 2.20. The minimum Gasteiger partial charge on any atom is -0.478 e. The average Bonchev–Trinajstić information content (AvgIpc) is 2.36. The van der Waals surface area contributed by atoms with Crippen molar-refractivity contribution in [1.82, 2.24) is 0 Å². The lowest BCUT2D eigenvalue weighted by atomic mass is 9.96. The smallest absolute Gasteiger partial charge is 0.372 e. The van der Waals surface area contributed by atoms with Gasteiger partial charge in [-0.25, -0.2) is 9.79 Å². The van der Waals surface area contributed by atoms with Crippen molar-refractivity contribution < 1.29 is 19.4 Å². The van der Waals surface area contributed by atoms with Crippen molar-refractivity contribution in [2.75, 3.05) is 0 Å². The molecule has 1 atom stereocenters. The Hall–Kier alpha value is -2.17. The monoisotopic (exact) mass is 277 g/mol. The molecule has 1 unspecified atom stereocenters. The SMILES string of the molecule is CC(C(=O)C(=O)O)c1ccc(/N=C\OC(C)(C)C)cc1. The maximum atomic E-state index is 11.4. The van der Waals surface area contributed by atoms with Crippen LogP contribution in [0.25, 0.3) is 0 Å². The summed E-state index contributed by atoms with van der Waals surface area (Å²) in [6.07, 6.45) is 1.38. The standard InChI is InChI=1S/C15H19NO4/c1-10(13(17)14(18)19)11-5-7-12(8-6-11)16-9-20-15(2,3)4/h5-10H,1-4H3,(H,18,19)/b16-9-. The molecule has 1 aromatic rings. The number of hydrogen-bond donors (Lipinski definition) is 1. The van der Waals surface area contributed by atoms with Gasteiger partial charge in [-0.2, -0.15) is 0 Å². The first-order valence-corrected chi connectivity index (χ1v) is 6.28. The third-order valence-electron chi connectivity index (χ3n) is 2.61. The number of ether oxygens (including phenoxy) is 1. The van der Waals surface area contributed by atoms with E-state index in [0.29, 0.717) is 11.3 Å². The highest BCUT2D eigenvalue weighted by atomic mass is 16.5. The number of carbonyl (C=O) groups is 2. The van der Waals surface area contributed by atoms with E-state index in [-0.39, 0.29) is 5.60 Å². The first kappa shape index (κ1) is 15.9. The van der Waals surface area contributed by atoms with Crippen LogP contribution < -0.4 is 0 Å². The van der Waals surface area contributed by atoms with Gasteiger partial charge in [0.05, 0.1) is 11.6 Å². The molecule has 5 nitrogen and oxygen atoms in total. The molecule has 108 valence electrons. The maximum Gasteiger partial charge on any atom is 0.372 e. The van der Waals surface area contributed by atoms with Crippen LogP contribution in [0.4, 0.5) is 5.69 Å². The number of aliphatic carboxylic acids is 1. The summed E-state index contributed by atoms with van der Waals surface area (Å²) in [5.74, 6) is -2.91. The number of aliphatic imine (C=N–C) groups is 1. The largest absolute Gasteiger partial charge is 0.478 e. The Bertz CT molecular complexity index is 512. The van der Waals surface area contributed by atoms with Gasteiger partial charge < -0.3 is 9.84 Å². The molecule has 0 amide bonds. The Labute approximate surface area is 118 Å². The van der Waals surface area contributed by atoms with Crippen molar-refractivity contribution in [3.8, 4) is 0 Å². The van der Waals surface area contributed by atoms with Crippen LogP contribution in [0, 0.1) is 0 Å². The van der Waals surface area contributed by atoms with Crippen molar-refractivity contribution in [3.05, 3.63) is 29.8 Å². The zero-order chi connectivity index (χ0) is 15.3. The van der Waals surface area contributed by atoms with E-state index in [1.54, 1.807) is 31.2 Å². The molecule has 1 aromatic carbocycles. The van der Waals surface area contributed by atoms with Gasteiger partial charge in [0.15, 0.2) is 6.40 Å². The van der Waals surface area contributed by atoms with Crippen LogP contribution in [-0.2, 0) is 14.3 Å². The van der Waals surface area contributed by atoms with Crippen LogP contribution >= 0.6 is 0 Å². The number of rotatable bonds is 5. The summed E-state index contributed by atoms with van der Waals surface area (Å²) in [5, 5.41) is 8.67. The molecule has 0 aliphatic rings. The minimum atomic E-state index is -1.42. The van der Waals surface area contributed by atoms with Gasteiger partial charge in [-0.3, -0.25) is 4.79 Å². The van der Waals surface area contributed by atoms with E-state index >= 15 is 0 Å². The zero-order valence-corrected chi connectivity index (χ0v) is 12.1. The fourth-order valence-electron chi connectivity index (χ4n) is 1.43. The fraction of sp³-hybridized carbons (Fsp3) is 0.400. The summed E-state index contributed by atoms with van der Waals surface area (Å²) < 4.78 is 5.36. The molecule has 20 heavy (non-hydrogen) atoms. The molecule has 0 aliphatic carbocycles. The van der Waals surface area contributed by atoms with Gasteiger partial charge in [-0.15, -0.1) is 0 Å². The molecular weight excluding hydrogens is 258 g/mol. The topological polar surface area (TPSA) is 76.0 Å². The Morgan fingerprint density at radius 2 is 1.80 bits per heavy atom. The molecule has 0 saturated heterocycles. The van der Waals surface area contributed by atoms with E-state index in [4.69, 9.17) is 9.84 Å². The Morgan fingerprint density at radius 3 is 2.25 bits per heavy atom. The van der Waals surface area contributed by atoms with Crippen LogP contribution in [0.5, 0.6) is 0 Å². The van der Waals surface area contributed by atoms with Crippen molar-refractivity contribution in [3.63, 3.8) is 0 Å². The zero-order valence-electron chi connectivity index (χ0n) is 12.1. The van der Waals surface area contributed by atoms with E-state index in [2.05, 4.69) is 4.99 Å². The van der Waals surface area contributed by atoms with Crippen molar-refractivity contribution in [2.45, 2.75) is 39.2 Å². The van der Waals surface area contributed by atoms with Crippen LogP contribution in [0.2, 0.25) is 0 Å². The normalized spacial score (nSPS) is 13.2. The van der Waals surface area contributed by atoms with Crippen molar-refractivity contribution in [2.24, 2.45) is 4.99 Å². The summed E-state index contributed by atoms with van der Waals surface area (Å²) in [6, 6.07) is 6.80. The predicted octanol–water partition coefficient (Wildman–Crippen LogP) is 2.92. The molecule has 0 bridgehead atoms. The highest BCUT2D eigenvalue weighted by molar-refractivity contribution is 6.34. The van der Waals surface area contributed by atoms with Crippen LogP contribution in [0.1, 0.15) is 39.2 Å². The second kappa shape index (κ2) is 6.32. The molecule has 0 heterocycles. The molecular formula is C15H19NO4. The molecule has 1 N–H and O–H groups in total. The van der Waals surface area contributed by atoms with Crippen molar-refractivity contribution in [1.29, 1.82) is 0 Å². The van der Waals surface area contributed by atoms with Gasteiger partial charge in [-0.05, 0) is 38.5 Å². The summed E-state index contributed by atoms with van der Waals surface area (Å²) in [4.78, 5) is 26.1. The summed E-state index contributed by atoms with van der Waals surface area (Å²) in [6.45, 7) is 7.32. The summed E-state index contributed by atoms with van der Waals surface area (Å²) >= 11 is 0. The maximum absolute atomic E-state index is 11.4. The van der Waals surface area contributed by atoms with E-state index in [9.17, 15) is 9.59 Å². The number of hydrogen-bond acceptors (Lipinski definition) is 4. The van der Waals surface area contributed by atoms with E-state index < -0.39 is 17.7 Å². The molecule has 0 saturated carbocycles. The number of benzene rings is 1. The second-order valence-corrected chi connectivity index (χ2v) is 5.45. The third kappa shape index (κ3) is 4.84. The minimum absolute atomic E-state index is 0.300. The lowest BCUT2D eigenvalue weighted by Gasteiger charge is -2.16. The van der Waals surface area contributed by atoms with E-state index in [1.807, 2.05) is 20.8 Å². The van der Waals surface area contributed by atoms with Crippen molar-refractivity contribution >= 4 is 23.8 Å². The number of ketones is 1. The van der Waals surface area contributed by atoms with Gasteiger partial charge in [0.25, 0.3) is 0 Å². The third-order valence-corrected chi connectivity index (χ3v) is 2.61. The summed E-state index contributed by atoms with van der Waals surface area (Å²) in [7, 11) is 0. The quantitative estimate of drug-likeness (QED) is 0.510. The van der Waals surface area contributed by atoms with Gasteiger partial charge in [0, 0.05) is 0 Å². The van der Waals surface area contributed by atoms with E-state index in [0.717, 1.165) is 0 Å². The number of carbonyl (C=O) groups excluding carboxylic acids is 1. The molecule has 0 spiro atoms. The van der Waals surface area contributed by atoms with Gasteiger partial charge in [0.1, 0.15) is 5.60 Å². The Kier molecular flexibility index (Phi) is 5.02. The van der Waals surface area contributed by atoms with Gasteiger partial charge in [-0.1, -0.05) is 19.1 Å². The first-order valence-electron chi connectivity index (χ1n) is 6.28. The van der Waals surface area contributed by atoms with Crippen LogP contribution in [0.3, 0.4) is 0 Å². The second-order valence-electron chi connectivity index (χ2n) is 5.45. The fourth-order valence-corrected chi connectivity index (χ4v) is 1.43. The number of carboxylic acids is 1. The number of carboxylic acid groups (broad SMARTS) is 1. The summed E-state index contributed by atoms with van der Waals surface area (Å²) in [5.41, 5.74) is 1.02. The Balaban J connectivity index is 2.74. The van der Waals surface area contributed by atoms with Gasteiger partial charge in [0.2, 0.25) is 5.78 Å². The molecule has 1 rings (SSSR count). The molecule has 0 fully saturated rings. The number of nitrogens with zero attached hydrogens (tertiary/aromatic N) is 1. The van der Waals surface area contributed by atoms with E-state index in [1.165, 1.54) is 6.40 Å². The molecule has 5 heteroatoms. The lowest BCUT2D eigenvalue weighted by Crippen LogP contribution is -2.19. The Morgan fingerprint density at radius 1 is 1.25 bits per heavy atom. The molecule has 0 radical (unpaired) electrons. The molecule has 0 aliphatic heterocycles. The average molecular weight is 277 g/mol. The highest BCUT2D eigenvalue weighted by Gasteiger charge is 2.21.